The minimum Gasteiger partial charge on any atom is -0.330 e. The molecule has 0 fully saturated rings. The first-order valence-electron chi connectivity index (χ1n) is 6.65. The minimum absolute atomic E-state index is 0.0532. The molecule has 3 nitrogen and oxygen atoms in total. The Labute approximate surface area is 131 Å². The molecule has 0 unspecified atom stereocenters. The summed E-state index contributed by atoms with van der Waals surface area (Å²) in [5.41, 5.74) is 0.847. The maximum atomic E-state index is 14.0. The molecule has 21 heavy (non-hydrogen) atoms. The zero-order valence-corrected chi connectivity index (χ0v) is 13.5. The normalized spacial score (nSPS) is 10.7. The zero-order chi connectivity index (χ0) is 15.4. The first-order chi connectivity index (χ1) is 9.99. The monoisotopic (exact) mass is 350 g/mol. The van der Waals surface area contributed by atoms with Crippen LogP contribution in [0.2, 0.25) is 0 Å². The molecular weight excluding hydrogens is 335 g/mol. The molecule has 0 aliphatic heterocycles. The fraction of sp³-hybridized carbons (Fsp3) is 0.250. The predicted molar refractivity (Wildman–Crippen MR) is 83.3 cm³/mol. The van der Waals surface area contributed by atoms with E-state index in [0.29, 0.717) is 11.0 Å². The number of nitrogens with zero attached hydrogens (tertiary/aromatic N) is 2. The van der Waals surface area contributed by atoms with Crippen molar-refractivity contribution in [1.29, 1.82) is 0 Å². The molecule has 0 aliphatic rings. The van der Waals surface area contributed by atoms with Crippen molar-refractivity contribution < 1.29 is 9.18 Å². The lowest BCUT2D eigenvalue weighted by Gasteiger charge is -2.26. The molecule has 0 saturated carbocycles. The Bertz CT molecular complexity index is 631. The topological polar surface area (TPSA) is 33.2 Å². The van der Waals surface area contributed by atoms with Crippen molar-refractivity contribution in [3.8, 4) is 0 Å². The van der Waals surface area contributed by atoms with E-state index in [1.54, 1.807) is 17.2 Å². The van der Waals surface area contributed by atoms with Crippen LogP contribution in [-0.4, -0.2) is 21.8 Å². The fourth-order valence-corrected chi connectivity index (χ4v) is 2.31. The lowest BCUT2D eigenvalue weighted by molar-refractivity contribution is 0.0683. The first-order valence-corrected chi connectivity index (χ1v) is 7.44. The van der Waals surface area contributed by atoms with Crippen LogP contribution < -0.4 is 0 Å². The van der Waals surface area contributed by atoms with Crippen LogP contribution in [0.5, 0.6) is 0 Å². The van der Waals surface area contributed by atoms with Gasteiger partial charge in [-0.05, 0) is 44.2 Å². The van der Waals surface area contributed by atoms with Gasteiger partial charge in [-0.15, -0.1) is 0 Å². The van der Waals surface area contributed by atoms with Crippen LogP contribution in [0.1, 0.15) is 29.9 Å². The number of aromatic nitrogens is 1. The Morgan fingerprint density at radius 2 is 2.10 bits per heavy atom. The van der Waals surface area contributed by atoms with Gasteiger partial charge >= 0.3 is 0 Å². The third-order valence-electron chi connectivity index (χ3n) is 3.10. The number of carbonyl (C=O) groups is 1. The molecule has 0 aliphatic carbocycles. The minimum atomic E-state index is -0.527. The van der Waals surface area contributed by atoms with Crippen LogP contribution in [0.4, 0.5) is 4.39 Å². The van der Waals surface area contributed by atoms with Gasteiger partial charge in [-0.3, -0.25) is 9.78 Å². The third-order valence-corrected chi connectivity index (χ3v) is 3.60. The van der Waals surface area contributed by atoms with E-state index in [1.807, 2.05) is 32.0 Å². The second kappa shape index (κ2) is 6.80. The molecule has 0 spiro atoms. The summed E-state index contributed by atoms with van der Waals surface area (Å²) in [6.07, 6.45) is 1.68. The molecule has 0 atom stereocenters. The van der Waals surface area contributed by atoms with Crippen LogP contribution in [0.15, 0.2) is 47.1 Å². The SMILES string of the molecule is CC(C)N(Cc1ccccn1)C(=O)c1ccc(Br)cc1F. The van der Waals surface area contributed by atoms with E-state index >= 15 is 0 Å². The van der Waals surface area contributed by atoms with E-state index in [2.05, 4.69) is 20.9 Å². The lowest BCUT2D eigenvalue weighted by Crippen LogP contribution is -2.37. The summed E-state index contributed by atoms with van der Waals surface area (Å²) in [4.78, 5) is 18.4. The van der Waals surface area contributed by atoms with Crippen LogP contribution in [0.3, 0.4) is 0 Å². The smallest absolute Gasteiger partial charge is 0.257 e. The largest absolute Gasteiger partial charge is 0.330 e. The summed E-state index contributed by atoms with van der Waals surface area (Å²) >= 11 is 3.19. The van der Waals surface area contributed by atoms with Crippen molar-refractivity contribution in [2.75, 3.05) is 0 Å². The zero-order valence-electron chi connectivity index (χ0n) is 11.9. The summed E-state index contributed by atoms with van der Waals surface area (Å²) in [5.74, 6) is -0.860. The van der Waals surface area contributed by atoms with Gasteiger partial charge in [-0.2, -0.15) is 0 Å². The number of hydrogen-bond donors (Lipinski definition) is 0. The van der Waals surface area contributed by atoms with Crippen LogP contribution in [0, 0.1) is 5.82 Å². The molecule has 0 radical (unpaired) electrons. The highest BCUT2D eigenvalue weighted by Gasteiger charge is 2.22. The summed E-state index contributed by atoms with van der Waals surface area (Å²) in [6, 6.07) is 9.94. The molecule has 2 aromatic rings. The molecule has 1 amide bonds. The fourth-order valence-electron chi connectivity index (χ4n) is 1.97. The molecule has 1 heterocycles. The number of benzene rings is 1. The average molecular weight is 351 g/mol. The van der Waals surface area contributed by atoms with Gasteiger partial charge < -0.3 is 4.90 Å². The van der Waals surface area contributed by atoms with Crippen molar-refractivity contribution in [2.24, 2.45) is 0 Å². The second-order valence-electron chi connectivity index (χ2n) is 4.97. The van der Waals surface area contributed by atoms with Crippen LogP contribution in [-0.2, 0) is 6.54 Å². The predicted octanol–water partition coefficient (Wildman–Crippen LogP) is 4.03. The molecule has 5 heteroatoms. The van der Waals surface area contributed by atoms with Crippen molar-refractivity contribution in [1.82, 2.24) is 9.88 Å². The summed E-state index contributed by atoms with van der Waals surface area (Å²) in [7, 11) is 0. The maximum Gasteiger partial charge on any atom is 0.257 e. The van der Waals surface area contributed by atoms with Gasteiger partial charge in [0.15, 0.2) is 0 Å². The molecule has 2 rings (SSSR count). The summed E-state index contributed by atoms with van der Waals surface area (Å²) in [5, 5.41) is 0. The molecule has 0 N–H and O–H groups in total. The Balaban J connectivity index is 2.27. The number of pyridine rings is 1. The Kier molecular flexibility index (Phi) is 5.07. The van der Waals surface area contributed by atoms with E-state index in [9.17, 15) is 9.18 Å². The average Bonchev–Trinajstić information content (AvgIpc) is 2.45. The van der Waals surface area contributed by atoms with Crippen molar-refractivity contribution >= 4 is 21.8 Å². The van der Waals surface area contributed by atoms with E-state index in [0.717, 1.165) is 5.69 Å². The van der Waals surface area contributed by atoms with Crippen LogP contribution >= 0.6 is 15.9 Å². The van der Waals surface area contributed by atoms with E-state index in [4.69, 9.17) is 0 Å². The quantitative estimate of drug-likeness (QED) is 0.833. The van der Waals surface area contributed by atoms with Gasteiger partial charge in [0.05, 0.1) is 17.8 Å². The van der Waals surface area contributed by atoms with Crippen LogP contribution in [0.25, 0.3) is 0 Å². The van der Waals surface area contributed by atoms with Gasteiger partial charge in [0, 0.05) is 16.7 Å². The van der Waals surface area contributed by atoms with Gasteiger partial charge in [0.2, 0.25) is 0 Å². The maximum absolute atomic E-state index is 14.0. The van der Waals surface area contributed by atoms with Gasteiger partial charge in [0.25, 0.3) is 5.91 Å². The molecule has 0 saturated heterocycles. The molecule has 1 aromatic carbocycles. The highest BCUT2D eigenvalue weighted by Crippen LogP contribution is 2.19. The highest BCUT2D eigenvalue weighted by molar-refractivity contribution is 9.10. The number of halogens is 2. The highest BCUT2D eigenvalue weighted by atomic mass is 79.9. The Hall–Kier alpha value is -1.75. The first kappa shape index (κ1) is 15.6. The van der Waals surface area contributed by atoms with Crippen molar-refractivity contribution in [3.63, 3.8) is 0 Å². The van der Waals surface area contributed by atoms with E-state index in [-0.39, 0.29) is 17.5 Å². The molecular formula is C16H16BrFN2O. The van der Waals surface area contributed by atoms with Gasteiger partial charge in [-0.25, -0.2) is 4.39 Å². The second-order valence-corrected chi connectivity index (χ2v) is 5.89. The number of hydrogen-bond acceptors (Lipinski definition) is 2. The summed E-state index contributed by atoms with van der Waals surface area (Å²) < 4.78 is 14.6. The standard InChI is InChI=1S/C16H16BrFN2O/c1-11(2)20(10-13-5-3-4-8-19-13)16(21)14-7-6-12(17)9-15(14)18/h3-9,11H,10H2,1-2H3. The van der Waals surface area contributed by atoms with Gasteiger partial charge in [-0.1, -0.05) is 22.0 Å². The van der Waals surface area contributed by atoms with E-state index < -0.39 is 5.82 Å². The number of rotatable bonds is 4. The van der Waals surface area contributed by atoms with E-state index in [1.165, 1.54) is 12.1 Å². The van der Waals surface area contributed by atoms with Crippen molar-refractivity contribution in [2.45, 2.75) is 26.4 Å². The van der Waals surface area contributed by atoms with Gasteiger partial charge in [0.1, 0.15) is 5.82 Å². The number of carbonyl (C=O) groups excluding carboxylic acids is 1. The molecule has 0 bridgehead atoms. The lowest BCUT2D eigenvalue weighted by atomic mass is 10.1. The Morgan fingerprint density at radius 3 is 2.67 bits per heavy atom. The Morgan fingerprint density at radius 1 is 1.33 bits per heavy atom. The van der Waals surface area contributed by atoms with Crippen molar-refractivity contribution in [3.05, 3.63) is 64.1 Å². The molecule has 1 aromatic heterocycles. The summed E-state index contributed by atoms with van der Waals surface area (Å²) in [6.45, 7) is 4.15. The third kappa shape index (κ3) is 3.88. The number of amides is 1. The molecule has 110 valence electrons.